The summed E-state index contributed by atoms with van der Waals surface area (Å²) in [5.41, 5.74) is 3.42. The van der Waals surface area contributed by atoms with Crippen LogP contribution in [0.15, 0.2) is 58.5 Å². The molecule has 0 atom stereocenters. The van der Waals surface area contributed by atoms with Gasteiger partial charge in [0.1, 0.15) is 5.75 Å². The second-order valence-corrected chi connectivity index (χ2v) is 7.54. The van der Waals surface area contributed by atoms with Gasteiger partial charge in [-0.05, 0) is 42.8 Å². The number of nitrogens with one attached hydrogen (secondary N) is 1. The summed E-state index contributed by atoms with van der Waals surface area (Å²) in [7, 11) is 0. The van der Waals surface area contributed by atoms with Gasteiger partial charge >= 0.3 is 0 Å². The minimum Gasteiger partial charge on any atom is -0.493 e. The Morgan fingerprint density at radius 2 is 1.96 bits per heavy atom. The van der Waals surface area contributed by atoms with E-state index in [0.29, 0.717) is 23.8 Å². The van der Waals surface area contributed by atoms with Crippen LogP contribution in [0.3, 0.4) is 0 Å². The summed E-state index contributed by atoms with van der Waals surface area (Å²) in [6, 6.07) is 15.3. The Labute approximate surface area is 170 Å². The van der Waals surface area contributed by atoms with Gasteiger partial charge in [-0.25, -0.2) is 5.43 Å². The second-order valence-electron chi connectivity index (χ2n) is 5.94. The van der Waals surface area contributed by atoms with Crippen LogP contribution in [-0.4, -0.2) is 24.5 Å². The van der Waals surface area contributed by atoms with Gasteiger partial charge in [-0.15, -0.1) is 11.8 Å². The van der Waals surface area contributed by atoms with E-state index >= 15 is 0 Å². The molecule has 0 fully saturated rings. The summed E-state index contributed by atoms with van der Waals surface area (Å²) in [5, 5.41) is 4.76. The molecule has 1 amide bonds. The number of carbonyl (C=O) groups excluding carboxylic acids is 1. The quantitative estimate of drug-likeness (QED) is 0.231. The first-order valence-corrected chi connectivity index (χ1v) is 10.5. The Kier molecular flexibility index (Phi) is 9.80. The fourth-order valence-electron chi connectivity index (χ4n) is 2.27. The molecule has 0 saturated carbocycles. The number of ether oxygens (including phenoxy) is 1. The lowest BCUT2D eigenvalue weighted by Gasteiger charge is -2.08. The first-order chi connectivity index (χ1) is 13.2. The Morgan fingerprint density at radius 1 is 1.19 bits per heavy atom. The topological polar surface area (TPSA) is 50.7 Å². The Morgan fingerprint density at radius 3 is 2.74 bits per heavy atom. The molecule has 0 bridgehead atoms. The second kappa shape index (κ2) is 12.4. The third kappa shape index (κ3) is 8.50. The summed E-state index contributed by atoms with van der Waals surface area (Å²) in [6.45, 7) is 2.85. The lowest BCUT2D eigenvalue weighted by atomic mass is 10.2. The number of hydrogen-bond donors (Lipinski definition) is 1. The smallest absolute Gasteiger partial charge is 0.240 e. The molecule has 0 heterocycles. The van der Waals surface area contributed by atoms with Crippen molar-refractivity contribution in [1.82, 2.24) is 5.43 Å². The van der Waals surface area contributed by atoms with Crippen LogP contribution >= 0.6 is 23.4 Å². The number of benzene rings is 2. The van der Waals surface area contributed by atoms with Crippen LogP contribution in [0.5, 0.6) is 5.75 Å². The van der Waals surface area contributed by atoms with Gasteiger partial charge in [-0.2, -0.15) is 5.10 Å². The summed E-state index contributed by atoms with van der Waals surface area (Å²) < 4.78 is 5.80. The SMILES string of the molecule is CCCCCOc1ccccc1/C=N\NC(=O)CCSc1ccc(Cl)cc1. The summed E-state index contributed by atoms with van der Waals surface area (Å²) in [5.74, 6) is 1.35. The lowest BCUT2D eigenvalue weighted by Crippen LogP contribution is -2.17. The summed E-state index contributed by atoms with van der Waals surface area (Å²) >= 11 is 7.47. The Bertz CT molecular complexity index is 735. The molecule has 4 nitrogen and oxygen atoms in total. The molecule has 6 heteroatoms. The monoisotopic (exact) mass is 404 g/mol. The number of rotatable bonds is 11. The molecule has 27 heavy (non-hydrogen) atoms. The number of thioether (sulfide) groups is 1. The predicted octanol–water partition coefficient (Wildman–Crippen LogP) is 5.54. The molecule has 2 rings (SSSR count). The van der Waals surface area contributed by atoms with E-state index in [2.05, 4.69) is 17.5 Å². The maximum absolute atomic E-state index is 11.9. The van der Waals surface area contributed by atoms with Gasteiger partial charge in [0.05, 0.1) is 12.8 Å². The number of hydrazone groups is 1. The predicted molar refractivity (Wildman–Crippen MR) is 114 cm³/mol. The van der Waals surface area contributed by atoms with E-state index in [0.717, 1.165) is 35.5 Å². The van der Waals surface area contributed by atoms with Gasteiger partial charge in [0.2, 0.25) is 5.91 Å². The molecule has 2 aromatic rings. The fourth-order valence-corrected chi connectivity index (χ4v) is 3.25. The third-order valence-electron chi connectivity index (χ3n) is 3.73. The standard InChI is InChI=1S/C21H25ClN2O2S/c1-2-3-6-14-26-20-8-5-4-7-17(20)16-23-24-21(25)13-15-27-19-11-9-18(22)10-12-19/h4-5,7-12,16H,2-3,6,13-15H2,1H3,(H,24,25)/b23-16-. The van der Waals surface area contributed by atoms with Crippen molar-refractivity contribution < 1.29 is 9.53 Å². The highest BCUT2D eigenvalue weighted by Gasteiger charge is 2.03. The molecule has 0 aliphatic rings. The number of nitrogens with zero attached hydrogens (tertiary/aromatic N) is 1. The zero-order chi connectivity index (χ0) is 19.3. The van der Waals surface area contributed by atoms with Crippen LogP contribution in [0.25, 0.3) is 0 Å². The van der Waals surface area contributed by atoms with Gasteiger partial charge < -0.3 is 4.74 Å². The Hall–Kier alpha value is -1.98. The largest absolute Gasteiger partial charge is 0.493 e. The number of para-hydroxylation sites is 1. The van der Waals surface area contributed by atoms with Crippen molar-refractivity contribution in [2.45, 2.75) is 37.5 Å². The van der Waals surface area contributed by atoms with Crippen LogP contribution in [0, 0.1) is 0 Å². The average molecular weight is 405 g/mol. The molecular weight excluding hydrogens is 380 g/mol. The van der Waals surface area contributed by atoms with E-state index in [9.17, 15) is 4.79 Å². The van der Waals surface area contributed by atoms with Crippen molar-refractivity contribution in [3.63, 3.8) is 0 Å². The first-order valence-electron chi connectivity index (χ1n) is 9.11. The molecule has 0 unspecified atom stereocenters. The highest BCUT2D eigenvalue weighted by Crippen LogP contribution is 2.21. The minimum atomic E-state index is -0.117. The molecule has 0 saturated heterocycles. The van der Waals surface area contributed by atoms with Crippen molar-refractivity contribution in [3.05, 3.63) is 59.1 Å². The van der Waals surface area contributed by atoms with E-state index in [1.165, 1.54) is 0 Å². The van der Waals surface area contributed by atoms with Crippen LogP contribution in [0.2, 0.25) is 5.02 Å². The maximum atomic E-state index is 11.9. The van der Waals surface area contributed by atoms with Gasteiger partial charge in [-0.1, -0.05) is 43.5 Å². The molecule has 0 radical (unpaired) electrons. The van der Waals surface area contributed by atoms with Crippen molar-refractivity contribution in [2.24, 2.45) is 5.10 Å². The van der Waals surface area contributed by atoms with Crippen LogP contribution in [0.1, 0.15) is 38.2 Å². The molecule has 1 N–H and O–H groups in total. The zero-order valence-electron chi connectivity index (χ0n) is 15.5. The van der Waals surface area contributed by atoms with Crippen LogP contribution in [0.4, 0.5) is 0 Å². The van der Waals surface area contributed by atoms with E-state index in [1.807, 2.05) is 48.5 Å². The normalized spacial score (nSPS) is 10.9. The van der Waals surface area contributed by atoms with Crippen LogP contribution in [-0.2, 0) is 4.79 Å². The maximum Gasteiger partial charge on any atom is 0.240 e. The minimum absolute atomic E-state index is 0.117. The average Bonchev–Trinajstić information content (AvgIpc) is 2.68. The van der Waals surface area contributed by atoms with Gasteiger partial charge in [0.25, 0.3) is 0 Å². The van der Waals surface area contributed by atoms with Crippen LogP contribution < -0.4 is 10.2 Å². The number of amides is 1. The number of carbonyl (C=O) groups is 1. The lowest BCUT2D eigenvalue weighted by molar-refractivity contribution is -0.120. The molecule has 144 valence electrons. The first kappa shape index (κ1) is 21.3. The Balaban J connectivity index is 1.74. The third-order valence-corrected chi connectivity index (χ3v) is 4.99. The highest BCUT2D eigenvalue weighted by molar-refractivity contribution is 7.99. The van der Waals surface area contributed by atoms with Crippen molar-refractivity contribution >= 4 is 35.5 Å². The molecule has 0 spiro atoms. The van der Waals surface area contributed by atoms with Gasteiger partial charge in [0.15, 0.2) is 0 Å². The molecule has 0 aliphatic heterocycles. The van der Waals surface area contributed by atoms with Gasteiger partial charge in [0, 0.05) is 27.7 Å². The summed E-state index contributed by atoms with van der Waals surface area (Å²) in [6.07, 6.45) is 5.36. The molecule has 2 aromatic carbocycles. The molecule has 0 aromatic heterocycles. The van der Waals surface area contributed by atoms with Gasteiger partial charge in [-0.3, -0.25) is 4.79 Å². The number of halogens is 1. The van der Waals surface area contributed by atoms with Crippen molar-refractivity contribution in [1.29, 1.82) is 0 Å². The number of unbranched alkanes of at least 4 members (excludes halogenated alkanes) is 2. The zero-order valence-corrected chi connectivity index (χ0v) is 17.1. The molecule has 0 aliphatic carbocycles. The molecular formula is C21H25ClN2O2S. The number of hydrogen-bond acceptors (Lipinski definition) is 4. The van der Waals surface area contributed by atoms with E-state index in [4.69, 9.17) is 16.3 Å². The van der Waals surface area contributed by atoms with E-state index in [-0.39, 0.29) is 5.91 Å². The summed E-state index contributed by atoms with van der Waals surface area (Å²) in [4.78, 5) is 13.0. The highest BCUT2D eigenvalue weighted by atomic mass is 35.5. The van der Waals surface area contributed by atoms with Crippen molar-refractivity contribution in [2.75, 3.05) is 12.4 Å². The van der Waals surface area contributed by atoms with E-state index < -0.39 is 0 Å². The van der Waals surface area contributed by atoms with E-state index in [1.54, 1.807) is 18.0 Å². The van der Waals surface area contributed by atoms with Crippen molar-refractivity contribution in [3.8, 4) is 5.75 Å². The fraction of sp³-hybridized carbons (Fsp3) is 0.333.